The molecular weight excluding hydrogens is 500 g/mol. The number of anilines is 2. The SMILES string of the molecule is O=C(Nc1nncs1)c1ccc(CN2C(=O)c3ccc(Cl)cc3NC(=O)C2Cc2ccccn2)cc1. The van der Waals surface area contributed by atoms with Crippen molar-refractivity contribution in [3.63, 3.8) is 0 Å². The first-order chi connectivity index (χ1) is 17.5. The lowest BCUT2D eigenvalue weighted by atomic mass is 10.0. The maximum Gasteiger partial charge on any atom is 0.257 e. The van der Waals surface area contributed by atoms with E-state index in [4.69, 9.17) is 11.6 Å². The molecule has 2 N–H and O–H groups in total. The first kappa shape index (κ1) is 23.6. The second-order valence-electron chi connectivity index (χ2n) is 8.05. The second kappa shape index (κ2) is 10.2. The Morgan fingerprint density at radius 1 is 1.11 bits per heavy atom. The van der Waals surface area contributed by atoms with Crippen molar-refractivity contribution in [1.82, 2.24) is 20.1 Å². The molecule has 36 heavy (non-hydrogen) atoms. The molecule has 0 saturated heterocycles. The first-order valence-electron chi connectivity index (χ1n) is 11.0. The Morgan fingerprint density at radius 2 is 1.94 bits per heavy atom. The van der Waals surface area contributed by atoms with E-state index in [1.807, 2.05) is 12.1 Å². The molecule has 180 valence electrons. The van der Waals surface area contributed by atoms with Crippen molar-refractivity contribution >= 4 is 51.5 Å². The molecule has 1 aliphatic rings. The van der Waals surface area contributed by atoms with E-state index in [9.17, 15) is 14.4 Å². The molecule has 2 aromatic carbocycles. The monoisotopic (exact) mass is 518 g/mol. The molecule has 3 heterocycles. The molecule has 0 aliphatic carbocycles. The maximum atomic E-state index is 13.6. The molecular formula is C25H19ClN6O3S. The van der Waals surface area contributed by atoms with Crippen LogP contribution in [0.2, 0.25) is 5.02 Å². The van der Waals surface area contributed by atoms with Gasteiger partial charge in [0.05, 0.1) is 11.3 Å². The minimum atomic E-state index is -0.807. The van der Waals surface area contributed by atoms with Crippen LogP contribution in [0.1, 0.15) is 32.0 Å². The number of hydrogen-bond donors (Lipinski definition) is 2. The Hall–Kier alpha value is -4.15. The number of aromatic nitrogens is 3. The fraction of sp³-hybridized carbons (Fsp3) is 0.120. The van der Waals surface area contributed by atoms with E-state index >= 15 is 0 Å². The van der Waals surface area contributed by atoms with Crippen LogP contribution in [0.3, 0.4) is 0 Å². The number of fused-ring (bicyclic) bond motifs is 1. The Morgan fingerprint density at radius 3 is 2.67 bits per heavy atom. The molecule has 1 aliphatic heterocycles. The van der Waals surface area contributed by atoms with E-state index in [0.717, 1.165) is 5.56 Å². The van der Waals surface area contributed by atoms with Gasteiger partial charge in [-0.05, 0) is 48.0 Å². The number of benzene rings is 2. The van der Waals surface area contributed by atoms with Gasteiger partial charge in [-0.1, -0.05) is 41.1 Å². The number of nitrogens with zero attached hydrogens (tertiary/aromatic N) is 4. The van der Waals surface area contributed by atoms with Crippen LogP contribution in [0.15, 0.2) is 72.4 Å². The van der Waals surface area contributed by atoms with Crippen LogP contribution < -0.4 is 10.6 Å². The van der Waals surface area contributed by atoms with Gasteiger partial charge in [0.2, 0.25) is 11.0 Å². The normalized spacial score (nSPS) is 15.1. The van der Waals surface area contributed by atoms with E-state index in [0.29, 0.717) is 32.7 Å². The molecule has 0 fully saturated rings. The van der Waals surface area contributed by atoms with Gasteiger partial charge in [0.15, 0.2) is 0 Å². The van der Waals surface area contributed by atoms with Gasteiger partial charge in [-0.3, -0.25) is 24.7 Å². The van der Waals surface area contributed by atoms with Gasteiger partial charge in [0.1, 0.15) is 11.6 Å². The predicted octanol–water partition coefficient (Wildman–Crippen LogP) is 4.04. The summed E-state index contributed by atoms with van der Waals surface area (Å²) in [5.74, 6) is -0.954. The first-order valence-corrected chi connectivity index (χ1v) is 12.2. The summed E-state index contributed by atoms with van der Waals surface area (Å²) in [5.41, 5.74) is 4.12. The van der Waals surface area contributed by atoms with Gasteiger partial charge in [0, 0.05) is 35.4 Å². The van der Waals surface area contributed by atoms with E-state index in [2.05, 4.69) is 25.8 Å². The molecule has 1 atom stereocenters. The van der Waals surface area contributed by atoms with Crippen molar-refractivity contribution in [3.05, 3.63) is 99.8 Å². The Balaban J connectivity index is 1.43. The topological polar surface area (TPSA) is 117 Å². The third-order valence-corrected chi connectivity index (χ3v) is 6.53. The van der Waals surface area contributed by atoms with Crippen LogP contribution in [0.25, 0.3) is 0 Å². The summed E-state index contributed by atoms with van der Waals surface area (Å²) in [6.07, 6.45) is 1.89. The van der Waals surface area contributed by atoms with Crippen LogP contribution in [-0.4, -0.2) is 43.8 Å². The van der Waals surface area contributed by atoms with Gasteiger partial charge < -0.3 is 10.2 Å². The summed E-state index contributed by atoms with van der Waals surface area (Å²) in [4.78, 5) is 45.3. The lowest BCUT2D eigenvalue weighted by Gasteiger charge is -2.28. The second-order valence-corrected chi connectivity index (χ2v) is 9.32. The Labute approximate surface area is 215 Å². The van der Waals surface area contributed by atoms with Crippen molar-refractivity contribution in [2.75, 3.05) is 10.6 Å². The summed E-state index contributed by atoms with van der Waals surface area (Å²) < 4.78 is 0. The van der Waals surface area contributed by atoms with Crippen molar-refractivity contribution < 1.29 is 14.4 Å². The average Bonchev–Trinajstić information content (AvgIpc) is 3.37. The zero-order chi connectivity index (χ0) is 25.1. The van der Waals surface area contributed by atoms with Crippen LogP contribution >= 0.6 is 22.9 Å². The number of rotatable bonds is 6. The number of carbonyl (C=O) groups excluding carboxylic acids is 3. The molecule has 11 heteroatoms. The van der Waals surface area contributed by atoms with E-state index in [1.54, 1.807) is 54.7 Å². The molecule has 0 bridgehead atoms. The fourth-order valence-electron chi connectivity index (χ4n) is 3.92. The molecule has 0 spiro atoms. The number of halogens is 1. The number of pyridine rings is 1. The number of amides is 3. The largest absolute Gasteiger partial charge is 0.323 e. The number of hydrogen-bond acceptors (Lipinski definition) is 7. The summed E-state index contributed by atoms with van der Waals surface area (Å²) >= 11 is 7.34. The van der Waals surface area contributed by atoms with E-state index < -0.39 is 6.04 Å². The van der Waals surface area contributed by atoms with Crippen molar-refractivity contribution in [2.24, 2.45) is 0 Å². The van der Waals surface area contributed by atoms with Gasteiger partial charge in [-0.25, -0.2) is 0 Å². The zero-order valence-corrected chi connectivity index (χ0v) is 20.3. The minimum absolute atomic E-state index is 0.157. The number of nitrogens with one attached hydrogen (secondary N) is 2. The van der Waals surface area contributed by atoms with Gasteiger partial charge in [-0.2, -0.15) is 0 Å². The quantitative estimate of drug-likeness (QED) is 0.398. The lowest BCUT2D eigenvalue weighted by molar-refractivity contribution is -0.120. The predicted molar refractivity (Wildman–Crippen MR) is 136 cm³/mol. The van der Waals surface area contributed by atoms with Gasteiger partial charge >= 0.3 is 0 Å². The van der Waals surface area contributed by atoms with Crippen LogP contribution in [-0.2, 0) is 17.8 Å². The molecule has 5 rings (SSSR count). The highest BCUT2D eigenvalue weighted by Gasteiger charge is 2.36. The zero-order valence-electron chi connectivity index (χ0n) is 18.7. The molecule has 0 radical (unpaired) electrons. The van der Waals surface area contributed by atoms with Crippen LogP contribution in [0.5, 0.6) is 0 Å². The summed E-state index contributed by atoms with van der Waals surface area (Å²) in [5, 5.41) is 13.9. The standard InChI is InChI=1S/C25H19ClN6O3S/c26-17-8-9-19-20(11-17)29-23(34)21(12-18-3-1-2-10-27-18)32(24(19)35)13-15-4-6-16(7-5-15)22(33)30-25-31-28-14-36-25/h1-11,14,21H,12-13H2,(H,29,34)(H,30,31,33). The highest BCUT2D eigenvalue weighted by atomic mass is 35.5. The Bertz CT molecular complexity index is 1410. The third-order valence-electron chi connectivity index (χ3n) is 5.69. The van der Waals surface area contributed by atoms with Crippen molar-refractivity contribution in [3.8, 4) is 0 Å². The number of carbonyl (C=O) groups is 3. The van der Waals surface area contributed by atoms with Crippen LogP contribution in [0.4, 0.5) is 10.8 Å². The minimum Gasteiger partial charge on any atom is -0.323 e. The van der Waals surface area contributed by atoms with Crippen LogP contribution in [0, 0.1) is 0 Å². The molecule has 4 aromatic rings. The fourth-order valence-corrected chi connectivity index (χ4v) is 4.53. The summed E-state index contributed by atoms with van der Waals surface area (Å²) in [6, 6.07) is 16.3. The Kier molecular flexibility index (Phi) is 6.70. The van der Waals surface area contributed by atoms with E-state index in [-0.39, 0.29) is 30.7 Å². The molecule has 1 unspecified atom stereocenters. The highest BCUT2D eigenvalue weighted by Crippen LogP contribution is 2.28. The molecule has 0 saturated carbocycles. The average molecular weight is 519 g/mol. The maximum absolute atomic E-state index is 13.6. The lowest BCUT2D eigenvalue weighted by Crippen LogP contribution is -2.46. The van der Waals surface area contributed by atoms with Gasteiger partial charge in [0.25, 0.3) is 11.8 Å². The molecule has 9 nitrogen and oxygen atoms in total. The highest BCUT2D eigenvalue weighted by molar-refractivity contribution is 7.13. The summed E-state index contributed by atoms with van der Waals surface area (Å²) in [6.45, 7) is 0.157. The molecule has 2 aromatic heterocycles. The van der Waals surface area contributed by atoms with Crippen molar-refractivity contribution in [1.29, 1.82) is 0 Å². The third kappa shape index (κ3) is 5.09. The van der Waals surface area contributed by atoms with Crippen molar-refractivity contribution in [2.45, 2.75) is 19.0 Å². The summed E-state index contributed by atoms with van der Waals surface area (Å²) in [7, 11) is 0. The smallest absolute Gasteiger partial charge is 0.257 e. The van der Waals surface area contributed by atoms with Gasteiger partial charge in [-0.15, -0.1) is 10.2 Å². The van der Waals surface area contributed by atoms with E-state index in [1.165, 1.54) is 21.7 Å². The molecule has 3 amide bonds.